The molecular weight excluding hydrogens is 266 g/mol. The number of rotatable bonds is 4. The summed E-state index contributed by atoms with van der Waals surface area (Å²) in [6.07, 6.45) is 4.47. The molecule has 0 spiro atoms. The maximum atomic E-state index is 12.2. The minimum absolute atomic E-state index is 0.00436. The van der Waals surface area contributed by atoms with Crippen molar-refractivity contribution < 1.29 is 9.59 Å². The highest BCUT2D eigenvalue weighted by Gasteiger charge is 2.30. The van der Waals surface area contributed by atoms with Crippen LogP contribution in [0.1, 0.15) is 32.1 Å². The minimum Gasteiger partial charge on any atom is -0.328 e. The first-order valence-electron chi connectivity index (χ1n) is 7.59. The maximum Gasteiger partial charge on any atom is 0.227 e. The van der Waals surface area contributed by atoms with Crippen molar-refractivity contribution >= 4 is 23.2 Å². The SMILES string of the molecule is NC1CCC(C(=O)Nc2cccc(NC(=O)C3CC3)c2)C1. The monoisotopic (exact) mass is 287 g/mol. The first kappa shape index (κ1) is 14.1. The van der Waals surface area contributed by atoms with Crippen molar-refractivity contribution in [2.75, 3.05) is 10.6 Å². The number of nitrogens with two attached hydrogens (primary N) is 1. The molecule has 1 aromatic rings. The van der Waals surface area contributed by atoms with E-state index in [2.05, 4.69) is 10.6 Å². The van der Waals surface area contributed by atoms with E-state index >= 15 is 0 Å². The molecule has 2 saturated carbocycles. The van der Waals surface area contributed by atoms with Gasteiger partial charge in [0.05, 0.1) is 0 Å². The lowest BCUT2D eigenvalue weighted by Crippen LogP contribution is -2.23. The van der Waals surface area contributed by atoms with Gasteiger partial charge in [-0.2, -0.15) is 0 Å². The van der Waals surface area contributed by atoms with Crippen molar-refractivity contribution in [3.63, 3.8) is 0 Å². The number of carbonyl (C=O) groups is 2. The van der Waals surface area contributed by atoms with E-state index in [-0.39, 0.29) is 29.7 Å². The van der Waals surface area contributed by atoms with Crippen molar-refractivity contribution in [3.8, 4) is 0 Å². The highest BCUT2D eigenvalue weighted by Crippen LogP contribution is 2.30. The topological polar surface area (TPSA) is 84.2 Å². The van der Waals surface area contributed by atoms with Crippen molar-refractivity contribution in [2.45, 2.75) is 38.1 Å². The zero-order valence-electron chi connectivity index (χ0n) is 12.0. The Morgan fingerprint density at radius 1 is 0.952 bits per heavy atom. The van der Waals surface area contributed by atoms with Crippen molar-refractivity contribution in [2.24, 2.45) is 17.6 Å². The van der Waals surface area contributed by atoms with Crippen LogP contribution in [0.2, 0.25) is 0 Å². The molecule has 112 valence electrons. The van der Waals surface area contributed by atoms with Gasteiger partial charge in [0, 0.05) is 29.3 Å². The first-order valence-corrected chi connectivity index (χ1v) is 7.59. The molecule has 0 heterocycles. The fourth-order valence-corrected chi connectivity index (χ4v) is 2.76. The number of hydrogen-bond acceptors (Lipinski definition) is 3. The Bertz CT molecular complexity index is 554. The number of benzene rings is 1. The highest BCUT2D eigenvalue weighted by molar-refractivity contribution is 5.96. The smallest absolute Gasteiger partial charge is 0.227 e. The molecule has 2 fully saturated rings. The predicted octanol–water partition coefficient (Wildman–Crippen LogP) is 2.10. The maximum absolute atomic E-state index is 12.2. The van der Waals surface area contributed by atoms with Crippen LogP contribution in [-0.2, 0) is 9.59 Å². The summed E-state index contributed by atoms with van der Waals surface area (Å²) in [7, 11) is 0. The second-order valence-corrected chi connectivity index (χ2v) is 6.10. The third-order valence-electron chi connectivity index (χ3n) is 4.19. The van der Waals surface area contributed by atoms with Gasteiger partial charge >= 0.3 is 0 Å². The van der Waals surface area contributed by atoms with Crippen LogP contribution in [-0.4, -0.2) is 17.9 Å². The second-order valence-electron chi connectivity index (χ2n) is 6.10. The average molecular weight is 287 g/mol. The number of nitrogens with one attached hydrogen (secondary N) is 2. The lowest BCUT2D eigenvalue weighted by atomic mass is 10.1. The standard InChI is InChI=1S/C16H21N3O2/c17-12-7-6-11(8-12)16(21)19-14-3-1-2-13(9-14)18-15(20)10-4-5-10/h1-3,9-12H,4-8,17H2,(H,18,20)(H,19,21). The zero-order chi connectivity index (χ0) is 14.8. The molecule has 0 radical (unpaired) electrons. The molecule has 2 amide bonds. The quantitative estimate of drug-likeness (QED) is 0.793. The Morgan fingerprint density at radius 2 is 1.52 bits per heavy atom. The summed E-state index contributed by atoms with van der Waals surface area (Å²) in [6, 6.07) is 7.44. The van der Waals surface area contributed by atoms with Gasteiger partial charge in [0.25, 0.3) is 0 Å². The summed E-state index contributed by atoms with van der Waals surface area (Å²) < 4.78 is 0. The third-order valence-corrected chi connectivity index (χ3v) is 4.19. The number of amides is 2. The molecule has 0 bridgehead atoms. The Hall–Kier alpha value is -1.88. The van der Waals surface area contributed by atoms with E-state index in [1.54, 1.807) is 6.07 Å². The highest BCUT2D eigenvalue weighted by atomic mass is 16.2. The zero-order valence-corrected chi connectivity index (χ0v) is 12.0. The van der Waals surface area contributed by atoms with Crippen LogP contribution in [0.5, 0.6) is 0 Å². The summed E-state index contributed by atoms with van der Waals surface area (Å²) >= 11 is 0. The molecule has 5 nitrogen and oxygen atoms in total. The summed E-state index contributed by atoms with van der Waals surface area (Å²) in [5, 5.41) is 5.80. The molecular formula is C16H21N3O2. The Kier molecular flexibility index (Phi) is 3.92. The lowest BCUT2D eigenvalue weighted by Gasteiger charge is -2.12. The van der Waals surface area contributed by atoms with E-state index in [0.717, 1.165) is 37.8 Å². The molecule has 21 heavy (non-hydrogen) atoms. The summed E-state index contributed by atoms with van der Waals surface area (Å²) in [5.41, 5.74) is 7.29. The fraction of sp³-hybridized carbons (Fsp3) is 0.500. The van der Waals surface area contributed by atoms with Crippen LogP contribution in [0.4, 0.5) is 11.4 Å². The molecule has 5 heteroatoms. The van der Waals surface area contributed by atoms with E-state index in [1.807, 2.05) is 18.2 Å². The fourth-order valence-electron chi connectivity index (χ4n) is 2.76. The van der Waals surface area contributed by atoms with Gasteiger partial charge in [-0.25, -0.2) is 0 Å². The number of anilines is 2. The van der Waals surface area contributed by atoms with Crippen LogP contribution in [0.3, 0.4) is 0 Å². The molecule has 2 aliphatic rings. The van der Waals surface area contributed by atoms with Gasteiger partial charge in [0.15, 0.2) is 0 Å². The molecule has 0 aromatic heterocycles. The summed E-state index contributed by atoms with van der Waals surface area (Å²) in [5.74, 6) is 0.266. The van der Waals surface area contributed by atoms with E-state index in [0.29, 0.717) is 5.69 Å². The molecule has 0 saturated heterocycles. The van der Waals surface area contributed by atoms with Crippen LogP contribution < -0.4 is 16.4 Å². The number of hydrogen-bond donors (Lipinski definition) is 3. The molecule has 2 atom stereocenters. The molecule has 2 unspecified atom stereocenters. The van der Waals surface area contributed by atoms with Gasteiger partial charge in [-0.05, 0) is 50.3 Å². The Labute approximate surface area is 124 Å². The molecule has 3 rings (SSSR count). The molecule has 4 N–H and O–H groups in total. The molecule has 1 aromatic carbocycles. The first-order chi connectivity index (χ1) is 10.1. The van der Waals surface area contributed by atoms with Gasteiger partial charge in [0.2, 0.25) is 11.8 Å². The van der Waals surface area contributed by atoms with Gasteiger partial charge < -0.3 is 16.4 Å². The minimum atomic E-state index is 0.00436. The predicted molar refractivity (Wildman–Crippen MR) is 81.7 cm³/mol. The van der Waals surface area contributed by atoms with Crippen LogP contribution in [0.15, 0.2) is 24.3 Å². The van der Waals surface area contributed by atoms with E-state index in [1.165, 1.54) is 0 Å². The van der Waals surface area contributed by atoms with Gasteiger partial charge in [0.1, 0.15) is 0 Å². The summed E-state index contributed by atoms with van der Waals surface area (Å²) in [6.45, 7) is 0. The Balaban J connectivity index is 1.60. The van der Waals surface area contributed by atoms with Gasteiger partial charge in [-0.15, -0.1) is 0 Å². The summed E-state index contributed by atoms with van der Waals surface area (Å²) in [4.78, 5) is 23.9. The van der Waals surface area contributed by atoms with Crippen molar-refractivity contribution in [1.82, 2.24) is 0 Å². The Morgan fingerprint density at radius 3 is 2.05 bits per heavy atom. The van der Waals surface area contributed by atoms with Crippen molar-refractivity contribution in [1.29, 1.82) is 0 Å². The number of carbonyl (C=O) groups excluding carboxylic acids is 2. The lowest BCUT2D eigenvalue weighted by molar-refractivity contribution is -0.119. The molecule has 2 aliphatic carbocycles. The van der Waals surface area contributed by atoms with E-state index in [4.69, 9.17) is 5.73 Å². The normalized spacial score (nSPS) is 24.6. The van der Waals surface area contributed by atoms with E-state index < -0.39 is 0 Å². The van der Waals surface area contributed by atoms with Gasteiger partial charge in [-0.1, -0.05) is 6.07 Å². The molecule has 0 aliphatic heterocycles. The van der Waals surface area contributed by atoms with Crippen LogP contribution in [0, 0.1) is 11.8 Å². The largest absolute Gasteiger partial charge is 0.328 e. The van der Waals surface area contributed by atoms with E-state index in [9.17, 15) is 9.59 Å². The van der Waals surface area contributed by atoms with Gasteiger partial charge in [-0.3, -0.25) is 9.59 Å². The third kappa shape index (κ3) is 3.61. The van der Waals surface area contributed by atoms with Crippen molar-refractivity contribution in [3.05, 3.63) is 24.3 Å². The van der Waals surface area contributed by atoms with Crippen LogP contribution >= 0.6 is 0 Å². The average Bonchev–Trinajstić information content (AvgIpc) is 3.21. The second kappa shape index (κ2) is 5.85. The van der Waals surface area contributed by atoms with Crippen LogP contribution in [0.25, 0.3) is 0 Å².